The van der Waals surface area contributed by atoms with Gasteiger partial charge in [0.1, 0.15) is 5.83 Å². The molecule has 0 bridgehead atoms. The molecule has 0 unspecified atom stereocenters. The van der Waals surface area contributed by atoms with Crippen molar-refractivity contribution in [2.75, 3.05) is 0 Å². The lowest BCUT2D eigenvalue weighted by molar-refractivity contribution is -0.331. The molecule has 0 spiro atoms. The van der Waals surface area contributed by atoms with Crippen LogP contribution in [0, 0.1) is 0 Å². The van der Waals surface area contributed by atoms with Gasteiger partial charge in [-0.2, -0.15) is 52.7 Å². The lowest BCUT2D eigenvalue weighted by Crippen LogP contribution is -2.54. The van der Waals surface area contributed by atoms with Crippen LogP contribution in [0.3, 0.4) is 0 Å². The van der Waals surface area contributed by atoms with Gasteiger partial charge < -0.3 is 0 Å². The van der Waals surface area contributed by atoms with E-state index in [2.05, 4.69) is 0 Å². The molecule has 144 valence electrons. The van der Waals surface area contributed by atoms with Crippen LogP contribution in [0.25, 0.3) is 0 Å². The smallest absolute Gasteiger partial charge is 0.215 e. The van der Waals surface area contributed by atoms with Gasteiger partial charge >= 0.3 is 30.3 Å². The second-order valence-corrected chi connectivity index (χ2v) is 3.57. The summed E-state index contributed by atoms with van der Waals surface area (Å²) in [7, 11) is 0. The molecule has 0 aliphatic rings. The average Bonchev–Trinajstić information content (AvgIpc) is 2.32. The zero-order valence-electron chi connectivity index (χ0n) is 10.7. The first-order valence-corrected chi connectivity index (χ1v) is 4.83. The SMILES string of the molecule is C/C(F)=C(\F)C(F)(C(F)(F)F)C(F)(F)F.FC(F)=C(F)C(F)(F)F. The van der Waals surface area contributed by atoms with E-state index in [0.29, 0.717) is 0 Å². The van der Waals surface area contributed by atoms with Gasteiger partial charge in [0.15, 0.2) is 5.83 Å². The van der Waals surface area contributed by atoms with Crippen LogP contribution >= 0.6 is 0 Å². The zero-order valence-corrected chi connectivity index (χ0v) is 10.7. The van der Waals surface area contributed by atoms with E-state index in [1.54, 1.807) is 0 Å². The van der Waals surface area contributed by atoms with Gasteiger partial charge in [0.05, 0.1) is 0 Å². The summed E-state index contributed by atoms with van der Waals surface area (Å²) >= 11 is 0. The van der Waals surface area contributed by atoms with Gasteiger partial charge in [-0.25, -0.2) is 13.2 Å². The van der Waals surface area contributed by atoms with Gasteiger partial charge in [-0.05, 0) is 6.92 Å². The maximum atomic E-state index is 12.5. The summed E-state index contributed by atoms with van der Waals surface area (Å²) in [4.78, 5) is 0. The molecule has 0 heterocycles. The van der Waals surface area contributed by atoms with E-state index >= 15 is 0 Å². The molecule has 0 amide bonds. The van der Waals surface area contributed by atoms with E-state index in [9.17, 15) is 65.9 Å². The first-order valence-electron chi connectivity index (χ1n) is 4.83. The van der Waals surface area contributed by atoms with Gasteiger partial charge in [0, 0.05) is 0 Å². The zero-order chi connectivity index (χ0) is 20.3. The van der Waals surface area contributed by atoms with E-state index in [-0.39, 0.29) is 6.92 Å². The fourth-order valence-electron chi connectivity index (χ4n) is 0.754. The summed E-state index contributed by atoms with van der Waals surface area (Å²) in [5.74, 6) is -9.39. The summed E-state index contributed by atoms with van der Waals surface area (Å²) in [6, 6.07) is 0. The number of rotatable bonds is 1. The highest BCUT2D eigenvalue weighted by atomic mass is 19.4. The Hall–Kier alpha value is -1.57. The Bertz CT molecular complexity index is 463. The fourth-order valence-corrected chi connectivity index (χ4v) is 0.754. The maximum absolute atomic E-state index is 12.5. The highest BCUT2D eigenvalue weighted by Crippen LogP contribution is 2.51. The van der Waals surface area contributed by atoms with Gasteiger partial charge in [0.25, 0.3) is 5.83 Å². The molecule has 0 aromatic carbocycles. The lowest BCUT2D eigenvalue weighted by atomic mass is 10.0. The monoisotopic (exact) mass is 396 g/mol. The van der Waals surface area contributed by atoms with Crippen molar-refractivity contribution in [1.82, 2.24) is 0 Å². The van der Waals surface area contributed by atoms with Crippen LogP contribution < -0.4 is 0 Å². The van der Waals surface area contributed by atoms with Crippen LogP contribution in [0.1, 0.15) is 6.92 Å². The van der Waals surface area contributed by atoms with E-state index in [1.807, 2.05) is 0 Å². The topological polar surface area (TPSA) is 0 Å². The molecular weight excluding hydrogens is 393 g/mol. The Morgan fingerprint density at radius 3 is 0.875 bits per heavy atom. The van der Waals surface area contributed by atoms with Crippen molar-refractivity contribution >= 4 is 0 Å². The van der Waals surface area contributed by atoms with Crippen molar-refractivity contribution in [3.8, 4) is 0 Å². The normalized spacial score (nSPS) is 14.5. The number of hydrogen-bond acceptors (Lipinski definition) is 0. The van der Waals surface area contributed by atoms with Crippen LogP contribution in [0.5, 0.6) is 0 Å². The number of hydrogen-bond donors (Lipinski definition) is 0. The van der Waals surface area contributed by atoms with Gasteiger partial charge in [-0.1, -0.05) is 0 Å². The Morgan fingerprint density at radius 1 is 0.542 bits per heavy atom. The Morgan fingerprint density at radius 2 is 0.833 bits per heavy atom. The molecule has 0 fully saturated rings. The van der Waals surface area contributed by atoms with Crippen molar-refractivity contribution < 1.29 is 65.9 Å². The van der Waals surface area contributed by atoms with Crippen molar-refractivity contribution in [3.63, 3.8) is 0 Å². The molecule has 0 nitrogen and oxygen atoms in total. The number of halogens is 15. The number of allylic oxidation sites excluding steroid dienone is 3. The van der Waals surface area contributed by atoms with E-state index in [0.717, 1.165) is 0 Å². The van der Waals surface area contributed by atoms with E-state index < -0.39 is 47.8 Å². The molecule has 0 N–H and O–H groups in total. The summed E-state index contributed by atoms with van der Waals surface area (Å²) in [6.45, 7) is -0.0544. The summed E-state index contributed by atoms with van der Waals surface area (Å²) in [6.07, 6.45) is -22.1. The van der Waals surface area contributed by atoms with E-state index in [1.165, 1.54) is 0 Å². The molecule has 0 radical (unpaired) electrons. The van der Waals surface area contributed by atoms with Crippen molar-refractivity contribution in [3.05, 3.63) is 23.6 Å². The van der Waals surface area contributed by atoms with Gasteiger partial charge in [-0.15, -0.1) is 0 Å². The highest BCUT2D eigenvalue weighted by molar-refractivity contribution is 5.19. The molecule has 0 aromatic heterocycles. The second-order valence-electron chi connectivity index (χ2n) is 3.57. The Kier molecular flexibility index (Phi) is 7.76. The molecule has 0 atom stereocenters. The third-order valence-electron chi connectivity index (χ3n) is 1.80. The third-order valence-corrected chi connectivity index (χ3v) is 1.80. The summed E-state index contributed by atoms with van der Waals surface area (Å²) < 4.78 is 172. The number of alkyl halides is 10. The Balaban J connectivity index is 0. The van der Waals surface area contributed by atoms with Gasteiger partial charge in [-0.3, -0.25) is 0 Å². The molecule has 0 aromatic rings. The molecule has 15 heteroatoms. The largest absolute Gasteiger partial charge is 0.448 e. The van der Waals surface area contributed by atoms with Crippen molar-refractivity contribution in [2.45, 2.75) is 31.1 Å². The lowest BCUT2D eigenvalue weighted by Gasteiger charge is -2.28. The minimum atomic E-state index is -6.62. The molecular formula is C9H3F15. The molecule has 0 aliphatic heterocycles. The standard InChI is InChI=1S/C6H3F9.C3F6/c1-2(7)3(8)4(9,5(10,11)12)6(13,14)15;4-1(2(5)6)3(7,8)9/h1H3;/b3-2+;. The minimum absolute atomic E-state index is 0.0544. The van der Waals surface area contributed by atoms with Crippen molar-refractivity contribution in [2.24, 2.45) is 0 Å². The van der Waals surface area contributed by atoms with Crippen LogP contribution in [0.4, 0.5) is 65.9 Å². The predicted molar refractivity (Wildman–Crippen MR) is 47.3 cm³/mol. The van der Waals surface area contributed by atoms with Crippen LogP contribution in [-0.2, 0) is 0 Å². The molecule has 0 saturated carbocycles. The highest BCUT2D eigenvalue weighted by Gasteiger charge is 2.76. The first-order chi connectivity index (χ1) is 10.2. The average molecular weight is 396 g/mol. The molecule has 0 saturated heterocycles. The van der Waals surface area contributed by atoms with Gasteiger partial charge in [0.2, 0.25) is 0 Å². The van der Waals surface area contributed by atoms with Crippen LogP contribution in [0.15, 0.2) is 23.6 Å². The van der Waals surface area contributed by atoms with E-state index in [4.69, 9.17) is 0 Å². The summed E-state index contributed by atoms with van der Waals surface area (Å²) in [5, 5.41) is 0. The first kappa shape index (κ1) is 24.7. The Labute approximate surface area is 122 Å². The molecule has 24 heavy (non-hydrogen) atoms. The quantitative estimate of drug-likeness (QED) is 0.438. The predicted octanol–water partition coefficient (Wildman–Crippen LogP) is 6.62. The second kappa shape index (κ2) is 7.55. The third kappa shape index (κ3) is 5.81. The van der Waals surface area contributed by atoms with Crippen molar-refractivity contribution in [1.29, 1.82) is 0 Å². The molecule has 0 rings (SSSR count). The minimum Gasteiger partial charge on any atom is -0.215 e. The maximum Gasteiger partial charge on any atom is 0.448 e. The van der Waals surface area contributed by atoms with Crippen LogP contribution in [0.2, 0.25) is 0 Å². The molecule has 0 aliphatic carbocycles. The summed E-state index contributed by atoms with van der Waals surface area (Å²) in [5.41, 5.74) is -6.31. The fraction of sp³-hybridized carbons (Fsp3) is 0.556. The van der Waals surface area contributed by atoms with Crippen LogP contribution in [-0.4, -0.2) is 24.2 Å².